The van der Waals surface area contributed by atoms with Crippen LogP contribution < -0.4 is 0 Å². The van der Waals surface area contributed by atoms with Gasteiger partial charge < -0.3 is 10.2 Å². The Morgan fingerprint density at radius 3 is 2.10 bits per heavy atom. The first-order chi connectivity index (χ1) is 9.38. The zero-order valence-electron chi connectivity index (χ0n) is 12.2. The van der Waals surface area contributed by atoms with Crippen LogP contribution >= 0.6 is 0 Å². The van der Waals surface area contributed by atoms with Crippen LogP contribution in [0.1, 0.15) is 62.1 Å². The number of carboxylic acid groups (broad SMARTS) is 2. The molecule has 2 atom stereocenters. The van der Waals surface area contributed by atoms with Crippen molar-refractivity contribution >= 4 is 11.9 Å². The molecule has 0 saturated heterocycles. The number of carboxylic acids is 2. The number of hydrogen-bond acceptors (Lipinski definition) is 2. The minimum Gasteiger partial charge on any atom is -0.481 e. The Bertz CT molecular complexity index is 493. The van der Waals surface area contributed by atoms with Crippen molar-refractivity contribution in [3.8, 4) is 0 Å². The van der Waals surface area contributed by atoms with Crippen LogP contribution in [0, 0.1) is 0 Å². The fourth-order valence-electron chi connectivity index (χ4n) is 2.20. The van der Waals surface area contributed by atoms with Gasteiger partial charge in [-0.2, -0.15) is 0 Å². The van der Waals surface area contributed by atoms with Crippen molar-refractivity contribution in [1.82, 2.24) is 0 Å². The highest BCUT2D eigenvalue weighted by atomic mass is 16.4. The molecule has 0 spiro atoms. The lowest BCUT2D eigenvalue weighted by molar-refractivity contribution is -0.140. The number of benzene rings is 1. The van der Waals surface area contributed by atoms with Gasteiger partial charge in [-0.3, -0.25) is 9.59 Å². The van der Waals surface area contributed by atoms with Crippen LogP contribution in [0.2, 0.25) is 0 Å². The molecule has 0 heterocycles. The van der Waals surface area contributed by atoms with Gasteiger partial charge in [0.2, 0.25) is 0 Å². The minimum atomic E-state index is -0.940. The van der Waals surface area contributed by atoms with Crippen LogP contribution in [0.4, 0.5) is 0 Å². The summed E-state index contributed by atoms with van der Waals surface area (Å²) in [6.07, 6.45) is 2.99. The van der Waals surface area contributed by atoms with E-state index in [4.69, 9.17) is 5.11 Å². The summed E-state index contributed by atoms with van der Waals surface area (Å²) in [5.74, 6) is -3.28. The van der Waals surface area contributed by atoms with Crippen molar-refractivity contribution in [2.75, 3.05) is 0 Å². The van der Waals surface area contributed by atoms with Gasteiger partial charge in [-0.25, -0.2) is 0 Å². The van der Waals surface area contributed by atoms with Gasteiger partial charge in [0, 0.05) is 0 Å². The zero-order chi connectivity index (χ0) is 15.3. The monoisotopic (exact) mass is 278 g/mol. The number of aryl methyl sites for hydroxylation is 1. The normalized spacial score (nSPS) is 13.8. The van der Waals surface area contributed by atoms with Gasteiger partial charge in [0.05, 0.1) is 11.8 Å². The fraction of sp³-hybridized carbons (Fsp3) is 0.500. The zero-order valence-corrected chi connectivity index (χ0v) is 12.2. The Labute approximate surface area is 119 Å². The summed E-state index contributed by atoms with van der Waals surface area (Å²) in [5, 5.41) is 18.3. The van der Waals surface area contributed by atoms with Gasteiger partial charge in [-0.1, -0.05) is 31.5 Å². The van der Waals surface area contributed by atoms with Crippen LogP contribution in [0.5, 0.6) is 0 Å². The molecule has 2 N–H and O–H groups in total. The van der Waals surface area contributed by atoms with E-state index in [1.807, 2.05) is 12.1 Å². The maximum atomic E-state index is 11.2. The van der Waals surface area contributed by atoms with E-state index in [1.165, 1.54) is 0 Å². The molecule has 1 rings (SSSR count). The summed E-state index contributed by atoms with van der Waals surface area (Å²) in [6, 6.07) is 5.52. The summed E-state index contributed by atoms with van der Waals surface area (Å²) >= 11 is 0. The third kappa shape index (κ3) is 3.83. The molecule has 0 aliphatic carbocycles. The number of rotatable bonds is 7. The molecule has 0 amide bonds. The molecule has 0 aliphatic rings. The fourth-order valence-corrected chi connectivity index (χ4v) is 2.20. The molecule has 0 bridgehead atoms. The topological polar surface area (TPSA) is 74.6 Å². The molecular weight excluding hydrogens is 256 g/mol. The lowest BCUT2D eigenvalue weighted by atomic mass is 9.87. The van der Waals surface area contributed by atoms with Crippen LogP contribution in [0.25, 0.3) is 0 Å². The average molecular weight is 278 g/mol. The van der Waals surface area contributed by atoms with Crippen molar-refractivity contribution in [2.24, 2.45) is 0 Å². The van der Waals surface area contributed by atoms with Crippen LogP contribution in [0.3, 0.4) is 0 Å². The van der Waals surface area contributed by atoms with Crippen LogP contribution in [0.15, 0.2) is 18.2 Å². The largest absolute Gasteiger partial charge is 0.481 e. The molecule has 2 unspecified atom stereocenters. The van der Waals surface area contributed by atoms with E-state index in [0.29, 0.717) is 11.1 Å². The molecule has 110 valence electrons. The first-order valence-corrected chi connectivity index (χ1v) is 6.96. The average Bonchev–Trinajstić information content (AvgIpc) is 2.42. The summed E-state index contributed by atoms with van der Waals surface area (Å²) in [5.41, 5.74) is 2.27. The molecule has 0 aromatic heterocycles. The molecule has 0 saturated carbocycles. The van der Waals surface area contributed by atoms with Crippen molar-refractivity contribution in [3.05, 3.63) is 34.9 Å². The van der Waals surface area contributed by atoms with Crippen molar-refractivity contribution in [1.29, 1.82) is 0 Å². The molecular formula is C16H22O4. The minimum absolute atomic E-state index is 0.590. The van der Waals surface area contributed by atoms with Gasteiger partial charge in [0.1, 0.15) is 0 Å². The lowest BCUT2D eigenvalue weighted by Crippen LogP contribution is -2.15. The van der Waals surface area contributed by atoms with E-state index in [1.54, 1.807) is 19.9 Å². The molecule has 0 fully saturated rings. The number of unbranched alkanes of at least 4 members (excludes halogenated alkanes) is 1. The predicted octanol–water partition coefficient (Wildman–Crippen LogP) is 3.41. The van der Waals surface area contributed by atoms with Gasteiger partial charge in [0.15, 0.2) is 0 Å². The Hall–Kier alpha value is -1.84. The highest BCUT2D eigenvalue weighted by Gasteiger charge is 2.23. The Morgan fingerprint density at radius 1 is 1.05 bits per heavy atom. The van der Waals surface area contributed by atoms with Crippen molar-refractivity contribution in [3.63, 3.8) is 0 Å². The van der Waals surface area contributed by atoms with Crippen LogP contribution in [-0.2, 0) is 16.0 Å². The quantitative estimate of drug-likeness (QED) is 0.801. The maximum Gasteiger partial charge on any atom is 0.310 e. The van der Waals surface area contributed by atoms with E-state index in [2.05, 4.69) is 6.92 Å². The Balaban J connectivity index is 3.22. The Morgan fingerprint density at radius 2 is 1.60 bits per heavy atom. The Kier molecular flexibility index (Phi) is 5.74. The molecule has 0 radical (unpaired) electrons. The van der Waals surface area contributed by atoms with E-state index in [0.717, 1.165) is 24.8 Å². The first kappa shape index (κ1) is 16.2. The predicted molar refractivity (Wildman–Crippen MR) is 77.2 cm³/mol. The third-order valence-corrected chi connectivity index (χ3v) is 3.64. The van der Waals surface area contributed by atoms with E-state index in [-0.39, 0.29) is 0 Å². The maximum absolute atomic E-state index is 11.2. The molecule has 4 heteroatoms. The van der Waals surface area contributed by atoms with Gasteiger partial charge in [0.25, 0.3) is 0 Å². The van der Waals surface area contributed by atoms with Gasteiger partial charge in [-0.05, 0) is 43.4 Å². The standard InChI is InChI=1S/C16H22O4/c1-4-5-6-12-7-8-13(10(2)15(17)18)14(9-12)11(3)16(19)20/h7-11H,4-6H2,1-3H3,(H,17,18)(H,19,20). The summed E-state index contributed by atoms with van der Waals surface area (Å²) in [7, 11) is 0. The molecule has 4 nitrogen and oxygen atoms in total. The number of carbonyl (C=O) groups is 2. The summed E-state index contributed by atoms with van der Waals surface area (Å²) in [4.78, 5) is 22.4. The van der Waals surface area contributed by atoms with Crippen molar-refractivity contribution in [2.45, 2.75) is 51.9 Å². The summed E-state index contributed by atoms with van der Waals surface area (Å²) < 4.78 is 0. The van der Waals surface area contributed by atoms with Crippen LogP contribution in [-0.4, -0.2) is 22.2 Å². The molecule has 1 aromatic carbocycles. The highest BCUT2D eigenvalue weighted by molar-refractivity contribution is 5.80. The highest BCUT2D eigenvalue weighted by Crippen LogP contribution is 2.28. The lowest BCUT2D eigenvalue weighted by Gasteiger charge is -2.17. The molecule has 0 aliphatic heterocycles. The number of hydrogen-bond donors (Lipinski definition) is 2. The van der Waals surface area contributed by atoms with Crippen molar-refractivity contribution < 1.29 is 19.8 Å². The first-order valence-electron chi connectivity index (χ1n) is 6.96. The van der Waals surface area contributed by atoms with Gasteiger partial charge >= 0.3 is 11.9 Å². The summed E-state index contributed by atoms with van der Waals surface area (Å²) in [6.45, 7) is 5.28. The van der Waals surface area contributed by atoms with E-state index >= 15 is 0 Å². The second kappa shape index (κ2) is 7.08. The van der Waals surface area contributed by atoms with E-state index < -0.39 is 23.8 Å². The van der Waals surface area contributed by atoms with Gasteiger partial charge in [-0.15, -0.1) is 0 Å². The molecule has 20 heavy (non-hydrogen) atoms. The second-order valence-electron chi connectivity index (χ2n) is 5.19. The molecule has 1 aromatic rings. The smallest absolute Gasteiger partial charge is 0.310 e. The second-order valence-corrected chi connectivity index (χ2v) is 5.19. The number of aliphatic carboxylic acids is 2. The van der Waals surface area contributed by atoms with E-state index in [9.17, 15) is 14.7 Å². The SMILES string of the molecule is CCCCc1ccc(C(C)C(=O)O)c(C(C)C(=O)O)c1. The third-order valence-electron chi connectivity index (χ3n) is 3.64.